The molecule has 0 aliphatic rings. The van der Waals surface area contributed by atoms with Crippen LogP contribution < -0.4 is 13.7 Å². The van der Waals surface area contributed by atoms with Crippen LogP contribution in [0.15, 0.2) is 39.7 Å². The van der Waals surface area contributed by atoms with Crippen molar-refractivity contribution in [3.63, 3.8) is 0 Å². The van der Waals surface area contributed by atoms with Crippen LogP contribution in [0.3, 0.4) is 0 Å². The molecule has 0 aliphatic heterocycles. The predicted molar refractivity (Wildman–Crippen MR) is 91.2 cm³/mol. The molecule has 0 amide bonds. The van der Waals surface area contributed by atoms with Crippen molar-refractivity contribution < 1.29 is 22.1 Å². The molecular formula is C15H14BrClO5S. The number of hydrogen-bond donors (Lipinski definition) is 0. The lowest BCUT2D eigenvalue weighted by Crippen LogP contribution is -2.12. The fraction of sp³-hybridized carbons (Fsp3) is 0.200. The highest BCUT2D eigenvalue weighted by Crippen LogP contribution is 2.38. The zero-order valence-electron chi connectivity index (χ0n) is 12.6. The van der Waals surface area contributed by atoms with E-state index in [1.807, 2.05) is 6.92 Å². The van der Waals surface area contributed by atoms with Gasteiger partial charge in [0.05, 0.1) is 18.7 Å². The molecule has 0 atom stereocenters. The maximum absolute atomic E-state index is 12.6. The molecule has 0 aliphatic carbocycles. The molecule has 0 radical (unpaired) electrons. The van der Waals surface area contributed by atoms with Gasteiger partial charge in [-0.3, -0.25) is 0 Å². The Morgan fingerprint density at radius 2 is 1.74 bits per heavy atom. The second-order valence-corrected chi connectivity index (χ2v) is 7.42. The van der Waals surface area contributed by atoms with Gasteiger partial charge in [-0.25, -0.2) is 0 Å². The molecule has 0 bridgehead atoms. The highest BCUT2D eigenvalue weighted by Gasteiger charge is 2.26. The highest BCUT2D eigenvalue weighted by molar-refractivity contribution is 9.10. The normalized spacial score (nSPS) is 11.2. The summed E-state index contributed by atoms with van der Waals surface area (Å²) in [7, 11) is -1.37. The van der Waals surface area contributed by atoms with Gasteiger partial charge < -0.3 is 13.7 Å². The fourth-order valence-electron chi connectivity index (χ4n) is 1.93. The third-order valence-corrected chi connectivity index (χ3v) is 5.01. The third-order valence-electron chi connectivity index (χ3n) is 2.97. The second-order valence-electron chi connectivity index (χ2n) is 4.61. The Hall–Kier alpha value is -1.44. The SMILES string of the molecule is COc1cc(C)ccc1OS(=O)(=O)c1cc(Cl)cc(Br)c1OC. The summed E-state index contributed by atoms with van der Waals surface area (Å²) in [6.45, 7) is 1.86. The van der Waals surface area contributed by atoms with Crippen LogP contribution in [0.4, 0.5) is 0 Å². The maximum Gasteiger partial charge on any atom is 0.343 e. The van der Waals surface area contributed by atoms with Gasteiger partial charge in [-0.2, -0.15) is 8.42 Å². The van der Waals surface area contributed by atoms with Crippen LogP contribution >= 0.6 is 27.5 Å². The lowest BCUT2D eigenvalue weighted by atomic mass is 10.2. The predicted octanol–water partition coefficient (Wildman–Crippen LogP) is 4.20. The third kappa shape index (κ3) is 3.91. The molecule has 2 aromatic rings. The van der Waals surface area contributed by atoms with Crippen LogP contribution in [-0.4, -0.2) is 22.6 Å². The largest absolute Gasteiger partial charge is 0.494 e. The van der Waals surface area contributed by atoms with Crippen molar-refractivity contribution in [1.82, 2.24) is 0 Å². The number of ether oxygens (including phenoxy) is 2. The Kier molecular flexibility index (Phi) is 5.44. The lowest BCUT2D eigenvalue weighted by molar-refractivity contribution is 0.383. The summed E-state index contributed by atoms with van der Waals surface area (Å²) in [6, 6.07) is 7.72. The van der Waals surface area contributed by atoms with Gasteiger partial charge in [0, 0.05) is 5.02 Å². The van der Waals surface area contributed by atoms with Crippen LogP contribution in [0.2, 0.25) is 5.02 Å². The molecule has 5 nitrogen and oxygen atoms in total. The number of halogens is 2. The van der Waals surface area contributed by atoms with Crippen molar-refractivity contribution in [2.75, 3.05) is 14.2 Å². The van der Waals surface area contributed by atoms with Gasteiger partial charge in [0.1, 0.15) is 0 Å². The summed E-state index contributed by atoms with van der Waals surface area (Å²) in [6.07, 6.45) is 0. The summed E-state index contributed by atoms with van der Waals surface area (Å²) >= 11 is 9.16. The average Bonchev–Trinajstić information content (AvgIpc) is 2.48. The van der Waals surface area contributed by atoms with Gasteiger partial charge in [0.25, 0.3) is 0 Å². The minimum absolute atomic E-state index is 0.0799. The Morgan fingerprint density at radius 1 is 1.04 bits per heavy atom. The molecule has 8 heteroatoms. The minimum Gasteiger partial charge on any atom is -0.494 e. The number of rotatable bonds is 5. The van der Waals surface area contributed by atoms with Crippen molar-refractivity contribution in [3.8, 4) is 17.2 Å². The zero-order chi connectivity index (χ0) is 17.2. The number of hydrogen-bond acceptors (Lipinski definition) is 5. The smallest absolute Gasteiger partial charge is 0.343 e. The molecule has 0 saturated heterocycles. The van der Waals surface area contributed by atoms with Gasteiger partial charge in [0.2, 0.25) is 0 Å². The Labute approximate surface area is 148 Å². The standard InChI is InChI=1S/C15H14BrClO5S/c1-9-4-5-12(13(6-9)20-2)22-23(18,19)14-8-10(17)7-11(16)15(14)21-3/h4-8H,1-3H3. The molecule has 0 spiro atoms. The molecule has 23 heavy (non-hydrogen) atoms. The van der Waals surface area contributed by atoms with Crippen LogP contribution in [0.5, 0.6) is 17.2 Å². The molecule has 0 N–H and O–H groups in total. The van der Waals surface area contributed by atoms with Crippen molar-refractivity contribution in [1.29, 1.82) is 0 Å². The Morgan fingerprint density at radius 3 is 2.35 bits per heavy atom. The average molecular weight is 422 g/mol. The second kappa shape index (κ2) is 6.98. The quantitative estimate of drug-likeness (QED) is 0.677. The summed E-state index contributed by atoms with van der Waals surface area (Å²) in [5, 5.41) is 0.232. The maximum atomic E-state index is 12.6. The van der Waals surface area contributed by atoms with E-state index >= 15 is 0 Å². The molecular weight excluding hydrogens is 408 g/mol. The molecule has 0 unspecified atom stereocenters. The summed E-state index contributed by atoms with van der Waals surface area (Å²) in [4.78, 5) is -0.179. The summed E-state index contributed by atoms with van der Waals surface area (Å²) in [5.41, 5.74) is 0.912. The molecule has 0 aromatic heterocycles. The van der Waals surface area contributed by atoms with Crippen molar-refractivity contribution in [2.45, 2.75) is 11.8 Å². The van der Waals surface area contributed by atoms with Crippen molar-refractivity contribution >= 4 is 37.6 Å². The minimum atomic E-state index is -4.17. The van der Waals surface area contributed by atoms with E-state index in [4.69, 9.17) is 25.3 Å². The number of benzene rings is 2. The molecule has 0 fully saturated rings. The summed E-state index contributed by atoms with van der Waals surface area (Å²) in [5.74, 6) is 0.505. The first kappa shape index (κ1) is 17.9. The zero-order valence-corrected chi connectivity index (χ0v) is 15.8. The van der Waals surface area contributed by atoms with E-state index in [1.54, 1.807) is 12.1 Å². The lowest BCUT2D eigenvalue weighted by Gasteiger charge is -2.14. The highest BCUT2D eigenvalue weighted by atomic mass is 79.9. The van der Waals surface area contributed by atoms with Crippen LogP contribution in [-0.2, 0) is 10.1 Å². The monoisotopic (exact) mass is 420 g/mol. The first-order valence-corrected chi connectivity index (χ1v) is 8.98. The molecule has 124 valence electrons. The molecule has 2 aromatic carbocycles. The van der Waals surface area contributed by atoms with E-state index < -0.39 is 10.1 Å². The first-order chi connectivity index (χ1) is 10.8. The van der Waals surface area contributed by atoms with E-state index in [1.165, 1.54) is 32.4 Å². The Bertz CT molecular complexity index is 836. The van der Waals surface area contributed by atoms with E-state index in [2.05, 4.69) is 15.9 Å². The van der Waals surface area contributed by atoms with E-state index in [9.17, 15) is 8.42 Å². The van der Waals surface area contributed by atoms with Crippen molar-refractivity contribution in [2.24, 2.45) is 0 Å². The van der Waals surface area contributed by atoms with Crippen LogP contribution in [0.1, 0.15) is 5.56 Å². The molecule has 2 rings (SSSR count). The van der Waals surface area contributed by atoms with Gasteiger partial charge >= 0.3 is 10.1 Å². The van der Waals surface area contributed by atoms with E-state index in [0.717, 1.165) is 5.56 Å². The van der Waals surface area contributed by atoms with E-state index in [0.29, 0.717) is 10.2 Å². The summed E-state index contributed by atoms with van der Waals surface area (Å²) < 4.78 is 41.1. The number of methoxy groups -OCH3 is 2. The first-order valence-electron chi connectivity index (χ1n) is 6.40. The van der Waals surface area contributed by atoms with Gasteiger partial charge in [0.15, 0.2) is 22.1 Å². The van der Waals surface area contributed by atoms with Gasteiger partial charge in [-0.1, -0.05) is 17.7 Å². The van der Waals surface area contributed by atoms with Gasteiger partial charge in [-0.15, -0.1) is 0 Å². The van der Waals surface area contributed by atoms with Gasteiger partial charge in [-0.05, 0) is 52.7 Å². The number of aryl methyl sites for hydroxylation is 1. The Balaban J connectivity index is 2.52. The molecule has 0 heterocycles. The molecule has 0 saturated carbocycles. The van der Waals surface area contributed by atoms with Crippen LogP contribution in [0.25, 0.3) is 0 Å². The van der Waals surface area contributed by atoms with Crippen LogP contribution in [0, 0.1) is 6.92 Å². The van der Waals surface area contributed by atoms with Crippen molar-refractivity contribution in [3.05, 3.63) is 45.4 Å². The fourth-order valence-corrected chi connectivity index (χ4v) is 4.25. The topological polar surface area (TPSA) is 61.8 Å². The van der Waals surface area contributed by atoms with E-state index in [-0.39, 0.29) is 21.4 Å².